The molecule has 0 amide bonds. The maximum Gasteiger partial charge on any atom is 0.153 e. The normalized spacial score (nSPS) is 12.2. The highest BCUT2D eigenvalue weighted by molar-refractivity contribution is 5.94. The first-order valence-electron chi connectivity index (χ1n) is 25.0. The summed E-state index contributed by atoms with van der Waals surface area (Å²) in [5.74, 6) is 3.19. The average Bonchev–Trinajstić information content (AvgIpc) is 3.46. The first-order chi connectivity index (χ1) is 36.7. The van der Waals surface area contributed by atoms with Crippen LogP contribution in [0.4, 0.5) is 68.2 Å². The molecule has 14 rings (SSSR count). The van der Waals surface area contributed by atoms with Gasteiger partial charge in [0.1, 0.15) is 0 Å². The minimum absolute atomic E-state index is 0.785. The Morgan fingerprint density at radius 3 is 0.986 bits per heavy atom. The van der Waals surface area contributed by atoms with Crippen molar-refractivity contribution in [3.8, 4) is 34.1 Å². The third kappa shape index (κ3) is 7.61. The van der Waals surface area contributed by atoms with Crippen LogP contribution in [0.3, 0.4) is 0 Å². The first kappa shape index (κ1) is 42.8. The number of hydrogen-bond donors (Lipinski definition) is 0. The Balaban J connectivity index is 0.826. The van der Waals surface area contributed by atoms with Gasteiger partial charge in [-0.25, -0.2) is 0 Å². The van der Waals surface area contributed by atoms with Crippen LogP contribution in [0, 0.1) is 0 Å². The third-order valence-corrected chi connectivity index (χ3v) is 14.1. The summed E-state index contributed by atoms with van der Waals surface area (Å²) >= 11 is 0. The zero-order valence-electron chi connectivity index (χ0n) is 40.2. The number of rotatable bonds is 9. The quantitative estimate of drug-likeness (QED) is 0.143. The fourth-order valence-electron chi connectivity index (χ4n) is 10.6. The number of para-hydroxylation sites is 6. The maximum absolute atomic E-state index is 6.72. The summed E-state index contributed by atoms with van der Waals surface area (Å²) in [6.07, 6.45) is 0. The predicted molar refractivity (Wildman–Crippen MR) is 306 cm³/mol. The summed E-state index contributed by atoms with van der Waals surface area (Å²) in [5, 5.41) is 4.73. The molecule has 2 aliphatic heterocycles. The molecule has 0 spiro atoms. The molecule has 74 heavy (non-hydrogen) atoms. The standard InChI is InChI=1S/C68H46N4O2/c1-3-19-53(20-4-1)71-61-23-11-13-25-65(61)73-67-45-59(39-41-63(67)71)69(57-37-31-47-15-7-9-17-51(47)43-57)55-33-27-49(28-34-55)50-29-35-56(36-30-50)70(58-38-32-48-16-8-10-18-52(48)44-58)60-40-42-64-68(46-60)74-66-26-14-12-24-62(66)72(64)54-21-5-2-6-22-54/h1-46H. The van der Waals surface area contributed by atoms with Crippen molar-refractivity contribution in [2.24, 2.45) is 0 Å². The second kappa shape index (κ2) is 18.0. The Morgan fingerprint density at radius 2 is 0.554 bits per heavy atom. The molecule has 0 fully saturated rings. The van der Waals surface area contributed by atoms with Gasteiger partial charge in [0, 0.05) is 57.6 Å². The fourth-order valence-corrected chi connectivity index (χ4v) is 10.6. The average molecular weight is 951 g/mol. The van der Waals surface area contributed by atoms with Crippen molar-refractivity contribution in [3.63, 3.8) is 0 Å². The van der Waals surface area contributed by atoms with Crippen molar-refractivity contribution < 1.29 is 9.47 Å². The highest BCUT2D eigenvalue weighted by Crippen LogP contribution is 2.54. The second-order valence-corrected chi connectivity index (χ2v) is 18.6. The Hall–Kier alpha value is -10.0. The summed E-state index contributed by atoms with van der Waals surface area (Å²) in [5.41, 5.74) is 14.5. The van der Waals surface area contributed by atoms with E-state index < -0.39 is 0 Å². The van der Waals surface area contributed by atoms with Crippen LogP contribution in [0.15, 0.2) is 279 Å². The molecule has 0 atom stereocenters. The monoisotopic (exact) mass is 950 g/mol. The largest absolute Gasteiger partial charge is 0.453 e. The van der Waals surface area contributed by atoms with Crippen LogP contribution in [0.2, 0.25) is 0 Å². The lowest BCUT2D eigenvalue weighted by molar-refractivity contribution is 0.477. The smallest absolute Gasteiger partial charge is 0.153 e. The predicted octanol–water partition coefficient (Wildman–Crippen LogP) is 19.8. The molecule has 0 aliphatic carbocycles. The van der Waals surface area contributed by atoms with E-state index >= 15 is 0 Å². The van der Waals surface area contributed by atoms with E-state index in [4.69, 9.17) is 9.47 Å². The van der Waals surface area contributed by atoms with E-state index in [1.807, 2.05) is 24.3 Å². The van der Waals surface area contributed by atoms with Gasteiger partial charge >= 0.3 is 0 Å². The van der Waals surface area contributed by atoms with Gasteiger partial charge in [0.15, 0.2) is 23.0 Å². The summed E-state index contributed by atoms with van der Waals surface area (Å²) in [7, 11) is 0. The molecule has 6 heteroatoms. The van der Waals surface area contributed by atoms with Gasteiger partial charge in [-0.3, -0.25) is 0 Å². The number of fused-ring (bicyclic) bond motifs is 6. The van der Waals surface area contributed by atoms with E-state index in [1.165, 1.54) is 21.5 Å². The van der Waals surface area contributed by atoms with E-state index in [2.05, 4.69) is 274 Å². The van der Waals surface area contributed by atoms with Crippen LogP contribution >= 0.6 is 0 Å². The highest BCUT2D eigenvalue weighted by atomic mass is 16.5. The van der Waals surface area contributed by atoms with Gasteiger partial charge in [-0.15, -0.1) is 0 Å². The van der Waals surface area contributed by atoms with Crippen molar-refractivity contribution in [1.29, 1.82) is 0 Å². The van der Waals surface area contributed by atoms with Crippen molar-refractivity contribution in [2.45, 2.75) is 0 Å². The molecule has 6 nitrogen and oxygen atoms in total. The van der Waals surface area contributed by atoms with Crippen molar-refractivity contribution in [2.75, 3.05) is 19.6 Å². The van der Waals surface area contributed by atoms with Crippen LogP contribution < -0.4 is 29.1 Å². The summed E-state index contributed by atoms with van der Waals surface area (Å²) in [6.45, 7) is 0. The first-order valence-corrected chi connectivity index (χ1v) is 25.0. The van der Waals surface area contributed by atoms with E-state index in [-0.39, 0.29) is 0 Å². The van der Waals surface area contributed by atoms with E-state index in [9.17, 15) is 0 Å². The van der Waals surface area contributed by atoms with Crippen LogP contribution in [-0.4, -0.2) is 0 Å². The summed E-state index contributed by atoms with van der Waals surface area (Å²) in [4.78, 5) is 9.19. The lowest BCUT2D eigenvalue weighted by Crippen LogP contribution is -2.16. The molecular formula is C68H46N4O2. The van der Waals surface area contributed by atoms with Crippen molar-refractivity contribution >= 4 is 89.8 Å². The molecule has 0 bridgehead atoms. The van der Waals surface area contributed by atoms with E-state index in [0.29, 0.717) is 0 Å². The molecule has 0 aromatic heterocycles. The van der Waals surface area contributed by atoms with Gasteiger partial charge in [-0.05, 0) is 154 Å². The van der Waals surface area contributed by atoms with Crippen LogP contribution in [0.5, 0.6) is 23.0 Å². The van der Waals surface area contributed by atoms with Crippen LogP contribution in [0.1, 0.15) is 0 Å². The molecular weight excluding hydrogens is 905 g/mol. The maximum atomic E-state index is 6.72. The van der Waals surface area contributed by atoms with Crippen molar-refractivity contribution in [3.05, 3.63) is 279 Å². The lowest BCUT2D eigenvalue weighted by atomic mass is 10.0. The van der Waals surface area contributed by atoms with E-state index in [0.717, 1.165) is 102 Å². The molecule has 350 valence electrons. The molecule has 12 aromatic carbocycles. The van der Waals surface area contributed by atoms with Gasteiger partial charge in [-0.2, -0.15) is 0 Å². The SMILES string of the molecule is c1ccc(N2c3ccccc3Oc3cc(N(c4ccc(-c5ccc(N(c6ccc7c(c6)Oc6ccccc6N7c6ccccc6)c6ccc7ccccc7c6)cc5)cc4)c4ccc5ccccc5c4)ccc32)cc1. The van der Waals surface area contributed by atoms with Crippen LogP contribution in [-0.2, 0) is 0 Å². The Labute approximate surface area is 430 Å². The number of hydrogen-bond acceptors (Lipinski definition) is 6. The Kier molecular flexibility index (Phi) is 10.4. The second-order valence-electron chi connectivity index (χ2n) is 18.6. The zero-order chi connectivity index (χ0) is 49.0. The minimum atomic E-state index is 0.785. The van der Waals surface area contributed by atoms with Gasteiger partial charge in [0.25, 0.3) is 0 Å². The third-order valence-electron chi connectivity index (χ3n) is 14.1. The fraction of sp³-hybridized carbons (Fsp3) is 0. The molecule has 0 unspecified atom stereocenters. The molecule has 0 radical (unpaired) electrons. The molecule has 0 saturated heterocycles. The number of anilines is 12. The number of nitrogens with zero attached hydrogens (tertiary/aromatic N) is 4. The molecule has 2 aliphatic rings. The molecule has 0 saturated carbocycles. The molecule has 2 heterocycles. The summed E-state index contributed by atoms with van der Waals surface area (Å²) < 4.78 is 13.4. The van der Waals surface area contributed by atoms with Gasteiger partial charge in [-0.1, -0.05) is 146 Å². The highest BCUT2D eigenvalue weighted by Gasteiger charge is 2.29. The van der Waals surface area contributed by atoms with Gasteiger partial charge in [0.05, 0.1) is 22.7 Å². The number of ether oxygens (including phenoxy) is 2. The van der Waals surface area contributed by atoms with Crippen molar-refractivity contribution in [1.82, 2.24) is 0 Å². The molecule has 0 N–H and O–H groups in total. The zero-order valence-corrected chi connectivity index (χ0v) is 40.2. The molecule has 12 aromatic rings. The topological polar surface area (TPSA) is 31.4 Å². The van der Waals surface area contributed by atoms with Gasteiger partial charge in [0.2, 0.25) is 0 Å². The minimum Gasteiger partial charge on any atom is -0.453 e. The Bertz CT molecular complexity index is 3780. The number of benzene rings is 12. The van der Waals surface area contributed by atoms with Crippen LogP contribution in [0.25, 0.3) is 32.7 Å². The van der Waals surface area contributed by atoms with Gasteiger partial charge < -0.3 is 29.1 Å². The summed E-state index contributed by atoms with van der Waals surface area (Å²) in [6, 6.07) is 98.6. The Morgan fingerprint density at radius 1 is 0.230 bits per heavy atom. The van der Waals surface area contributed by atoms with E-state index in [1.54, 1.807) is 0 Å². The lowest BCUT2D eigenvalue weighted by Gasteiger charge is -2.34.